The van der Waals surface area contributed by atoms with Crippen LogP contribution in [0.15, 0.2) is 39.9 Å². The zero-order valence-electron chi connectivity index (χ0n) is 16.7. The van der Waals surface area contributed by atoms with Gasteiger partial charge in [-0.2, -0.15) is 0 Å². The molecule has 150 valence electrons. The second-order valence-corrected chi connectivity index (χ2v) is 7.00. The molecule has 1 aliphatic rings. The van der Waals surface area contributed by atoms with Crippen LogP contribution in [0.1, 0.15) is 37.4 Å². The molecular weight excluding hydrogens is 354 g/mol. The van der Waals surface area contributed by atoms with Gasteiger partial charge in [0, 0.05) is 25.2 Å². The van der Waals surface area contributed by atoms with Crippen LogP contribution in [-0.2, 0) is 11.3 Å². The molecule has 1 aromatic heterocycles. The number of likely N-dealkylation sites (tertiary alicyclic amines) is 1. The zero-order chi connectivity index (χ0) is 19.8. The van der Waals surface area contributed by atoms with Crippen LogP contribution < -0.4 is 10.6 Å². The zero-order valence-corrected chi connectivity index (χ0v) is 16.7. The van der Waals surface area contributed by atoms with Crippen molar-refractivity contribution in [1.29, 1.82) is 0 Å². The molecule has 1 fully saturated rings. The first-order chi connectivity index (χ1) is 13.7. The van der Waals surface area contributed by atoms with Crippen LogP contribution in [0.5, 0.6) is 0 Å². The van der Waals surface area contributed by atoms with Gasteiger partial charge in [0.15, 0.2) is 5.96 Å². The van der Waals surface area contributed by atoms with Gasteiger partial charge in [0.05, 0.1) is 13.1 Å². The topological polar surface area (TPSA) is 82.8 Å². The number of benzene rings is 1. The van der Waals surface area contributed by atoms with E-state index in [9.17, 15) is 4.79 Å². The van der Waals surface area contributed by atoms with Crippen molar-refractivity contribution in [2.45, 2.75) is 39.7 Å². The fourth-order valence-electron chi connectivity index (χ4n) is 3.12. The third-order valence-corrected chi connectivity index (χ3v) is 4.71. The summed E-state index contributed by atoms with van der Waals surface area (Å²) in [6, 6.07) is 8.05. The number of aromatic nitrogens is 1. The highest BCUT2D eigenvalue weighted by Gasteiger charge is 2.16. The van der Waals surface area contributed by atoms with E-state index >= 15 is 0 Å². The summed E-state index contributed by atoms with van der Waals surface area (Å²) in [6.45, 7) is 7.10. The lowest BCUT2D eigenvalue weighted by atomic mass is 10.1. The van der Waals surface area contributed by atoms with Gasteiger partial charge in [0.2, 0.25) is 11.8 Å². The molecule has 0 bridgehead atoms. The largest absolute Gasteiger partial charge is 0.444 e. The van der Waals surface area contributed by atoms with Gasteiger partial charge < -0.3 is 20.0 Å². The fraction of sp³-hybridized carbons (Fsp3) is 0.476. The molecule has 0 spiro atoms. The Bertz CT molecular complexity index is 791. The number of aryl methyl sites for hydroxylation is 1. The quantitative estimate of drug-likeness (QED) is 0.592. The SMILES string of the molecule is CCNC(=NCc1coc(-c2ccc(C)cc2)n1)NCC(=O)N1CCCCC1. The standard InChI is InChI=1S/C21H29N5O2/c1-3-22-21(24-14-19(27)26-11-5-4-6-12-26)23-13-18-15-28-20(25-18)17-9-7-16(2)8-10-17/h7-10,15H,3-6,11-14H2,1-2H3,(H2,22,23,24). The summed E-state index contributed by atoms with van der Waals surface area (Å²) in [4.78, 5) is 23.3. The number of rotatable bonds is 6. The number of guanidine groups is 1. The third kappa shape index (κ3) is 5.58. The summed E-state index contributed by atoms with van der Waals surface area (Å²) in [5, 5.41) is 6.29. The molecule has 2 N–H and O–H groups in total. The van der Waals surface area contributed by atoms with Gasteiger partial charge in [-0.15, -0.1) is 0 Å². The van der Waals surface area contributed by atoms with E-state index in [-0.39, 0.29) is 12.5 Å². The first-order valence-corrected chi connectivity index (χ1v) is 9.97. The lowest BCUT2D eigenvalue weighted by molar-refractivity contribution is -0.130. The number of carbonyl (C=O) groups excluding carboxylic acids is 1. The Morgan fingerprint density at radius 2 is 1.93 bits per heavy atom. The Morgan fingerprint density at radius 1 is 1.18 bits per heavy atom. The molecule has 28 heavy (non-hydrogen) atoms. The van der Waals surface area contributed by atoms with Crippen LogP contribution >= 0.6 is 0 Å². The predicted molar refractivity (Wildman–Crippen MR) is 110 cm³/mol. The van der Waals surface area contributed by atoms with Crippen molar-refractivity contribution in [2.24, 2.45) is 4.99 Å². The van der Waals surface area contributed by atoms with Crippen LogP contribution in [0.2, 0.25) is 0 Å². The molecule has 0 aliphatic carbocycles. The number of hydrogen-bond donors (Lipinski definition) is 2. The number of nitrogens with one attached hydrogen (secondary N) is 2. The highest BCUT2D eigenvalue weighted by Crippen LogP contribution is 2.19. The van der Waals surface area contributed by atoms with Crippen LogP contribution in [-0.4, -0.2) is 47.9 Å². The Hall–Kier alpha value is -2.83. The van der Waals surface area contributed by atoms with Crippen molar-refractivity contribution in [3.63, 3.8) is 0 Å². The van der Waals surface area contributed by atoms with E-state index in [1.165, 1.54) is 12.0 Å². The van der Waals surface area contributed by atoms with Gasteiger partial charge >= 0.3 is 0 Å². The summed E-state index contributed by atoms with van der Waals surface area (Å²) in [5.74, 6) is 1.31. The summed E-state index contributed by atoms with van der Waals surface area (Å²) >= 11 is 0. The minimum absolute atomic E-state index is 0.119. The normalized spacial score (nSPS) is 14.8. The number of aliphatic imine (C=N–C) groups is 1. The summed E-state index contributed by atoms with van der Waals surface area (Å²) in [5.41, 5.74) is 2.88. The smallest absolute Gasteiger partial charge is 0.241 e. The second kappa shape index (κ2) is 9.92. The minimum atomic E-state index is 0.119. The van der Waals surface area contributed by atoms with Crippen LogP contribution in [0, 0.1) is 6.92 Å². The van der Waals surface area contributed by atoms with Crippen molar-refractivity contribution in [2.75, 3.05) is 26.2 Å². The van der Waals surface area contributed by atoms with Crippen LogP contribution in [0.3, 0.4) is 0 Å². The summed E-state index contributed by atoms with van der Waals surface area (Å²) < 4.78 is 5.58. The van der Waals surface area contributed by atoms with Gasteiger partial charge in [-0.05, 0) is 45.2 Å². The molecule has 2 aromatic rings. The molecule has 1 aromatic carbocycles. The molecule has 0 unspecified atom stereocenters. The lowest BCUT2D eigenvalue weighted by Gasteiger charge is -2.27. The van der Waals surface area contributed by atoms with E-state index in [1.54, 1.807) is 6.26 Å². The first kappa shape index (κ1) is 19.9. The molecule has 0 atom stereocenters. The molecule has 2 heterocycles. The van der Waals surface area contributed by atoms with Gasteiger partial charge in [-0.3, -0.25) is 4.79 Å². The van der Waals surface area contributed by atoms with Crippen LogP contribution in [0.25, 0.3) is 11.5 Å². The lowest BCUT2D eigenvalue weighted by Crippen LogP contribution is -2.46. The van der Waals surface area contributed by atoms with Gasteiger partial charge in [0.25, 0.3) is 0 Å². The number of piperidine rings is 1. The maximum atomic E-state index is 12.3. The third-order valence-electron chi connectivity index (χ3n) is 4.71. The monoisotopic (exact) mass is 383 g/mol. The van der Waals surface area contributed by atoms with E-state index in [1.807, 2.05) is 43.0 Å². The minimum Gasteiger partial charge on any atom is -0.444 e. The Labute approximate surface area is 166 Å². The van der Waals surface area contributed by atoms with Gasteiger partial charge in [0.1, 0.15) is 12.0 Å². The molecular formula is C21H29N5O2. The van der Waals surface area contributed by atoms with Crippen molar-refractivity contribution < 1.29 is 9.21 Å². The molecule has 7 heteroatoms. The molecule has 0 saturated carbocycles. The number of oxazole rings is 1. The number of nitrogens with zero attached hydrogens (tertiary/aromatic N) is 3. The van der Waals surface area contributed by atoms with Gasteiger partial charge in [-0.1, -0.05) is 17.7 Å². The Kier molecular flexibility index (Phi) is 7.06. The maximum absolute atomic E-state index is 12.3. The average Bonchev–Trinajstić information content (AvgIpc) is 3.20. The van der Waals surface area contributed by atoms with Crippen molar-refractivity contribution >= 4 is 11.9 Å². The van der Waals surface area contributed by atoms with E-state index in [4.69, 9.17) is 4.42 Å². The molecule has 0 radical (unpaired) electrons. The molecule has 1 aliphatic heterocycles. The average molecular weight is 383 g/mol. The molecule has 3 rings (SSSR count). The van der Waals surface area contributed by atoms with Crippen molar-refractivity contribution in [3.05, 3.63) is 41.8 Å². The van der Waals surface area contributed by atoms with E-state index in [2.05, 4.69) is 20.6 Å². The van der Waals surface area contributed by atoms with Crippen molar-refractivity contribution in [1.82, 2.24) is 20.5 Å². The predicted octanol–water partition coefficient (Wildman–Crippen LogP) is 2.72. The molecule has 1 saturated heterocycles. The molecule has 7 nitrogen and oxygen atoms in total. The van der Waals surface area contributed by atoms with Gasteiger partial charge in [-0.25, -0.2) is 9.98 Å². The maximum Gasteiger partial charge on any atom is 0.241 e. The van der Waals surface area contributed by atoms with E-state index in [0.717, 1.165) is 43.7 Å². The highest BCUT2D eigenvalue weighted by atomic mass is 16.3. The Morgan fingerprint density at radius 3 is 2.64 bits per heavy atom. The number of hydrogen-bond acceptors (Lipinski definition) is 4. The van der Waals surface area contributed by atoms with E-state index in [0.29, 0.717) is 18.4 Å². The number of amides is 1. The van der Waals surface area contributed by atoms with E-state index < -0.39 is 0 Å². The Balaban J connectivity index is 1.56. The fourth-order valence-corrected chi connectivity index (χ4v) is 3.12. The second-order valence-electron chi connectivity index (χ2n) is 7.00. The van der Waals surface area contributed by atoms with Crippen molar-refractivity contribution in [3.8, 4) is 11.5 Å². The molecule has 1 amide bonds. The van der Waals surface area contributed by atoms with Crippen LogP contribution in [0.4, 0.5) is 0 Å². The highest BCUT2D eigenvalue weighted by molar-refractivity contribution is 5.86. The summed E-state index contributed by atoms with van der Waals surface area (Å²) in [7, 11) is 0. The summed E-state index contributed by atoms with van der Waals surface area (Å²) in [6.07, 6.45) is 5.02. The number of carbonyl (C=O) groups is 1. The first-order valence-electron chi connectivity index (χ1n) is 9.97.